The number of halogens is 2. The van der Waals surface area contributed by atoms with Crippen LogP contribution in [0.15, 0.2) is 30.4 Å². The first-order chi connectivity index (χ1) is 7.24. The minimum absolute atomic E-state index is 0.210. The molecule has 0 aliphatic rings. The first-order valence-corrected chi connectivity index (χ1v) is 5.37. The summed E-state index contributed by atoms with van der Waals surface area (Å²) in [5.41, 5.74) is 0.614. The molecule has 15 heavy (non-hydrogen) atoms. The first-order valence-electron chi connectivity index (χ1n) is 5.00. The Balaban J connectivity index is 2.40. The Morgan fingerprint density at radius 1 is 1.47 bits per heavy atom. The molecule has 0 bridgehead atoms. The minimum Gasteiger partial charge on any atom is -0.312 e. The van der Waals surface area contributed by atoms with E-state index in [1.165, 1.54) is 6.07 Å². The summed E-state index contributed by atoms with van der Waals surface area (Å²) in [7, 11) is 0. The summed E-state index contributed by atoms with van der Waals surface area (Å²) in [4.78, 5) is 0. The Labute approximate surface area is 95.0 Å². The highest BCUT2D eigenvalue weighted by atomic mass is 35.5. The molecular weight excluding hydrogens is 213 g/mol. The lowest BCUT2D eigenvalue weighted by Gasteiger charge is -2.05. The molecule has 0 unspecified atom stereocenters. The molecule has 0 saturated carbocycles. The zero-order chi connectivity index (χ0) is 11.1. The fourth-order valence-electron chi connectivity index (χ4n) is 1.25. The van der Waals surface area contributed by atoms with Crippen molar-refractivity contribution in [3.8, 4) is 0 Å². The van der Waals surface area contributed by atoms with E-state index in [1.807, 2.05) is 13.0 Å². The molecule has 0 amide bonds. The Bertz CT molecular complexity index is 336. The van der Waals surface area contributed by atoms with Gasteiger partial charge in [-0.05, 0) is 38.1 Å². The van der Waals surface area contributed by atoms with Gasteiger partial charge >= 0.3 is 0 Å². The molecule has 0 atom stereocenters. The van der Waals surface area contributed by atoms with E-state index >= 15 is 0 Å². The zero-order valence-corrected chi connectivity index (χ0v) is 9.52. The predicted octanol–water partition coefficient (Wildman–Crippen LogP) is 3.53. The topological polar surface area (TPSA) is 12.0 Å². The van der Waals surface area contributed by atoms with Crippen molar-refractivity contribution in [2.45, 2.75) is 19.9 Å². The molecule has 0 radical (unpaired) electrons. The molecule has 1 N–H and O–H groups in total. The van der Waals surface area contributed by atoms with Crippen LogP contribution in [0.4, 0.5) is 4.39 Å². The molecule has 1 rings (SSSR count). The van der Waals surface area contributed by atoms with Gasteiger partial charge in [-0.25, -0.2) is 4.39 Å². The monoisotopic (exact) mass is 227 g/mol. The van der Waals surface area contributed by atoms with Crippen LogP contribution < -0.4 is 5.32 Å². The fourth-order valence-corrected chi connectivity index (χ4v) is 1.45. The molecular formula is C12H15ClFN. The van der Waals surface area contributed by atoms with Gasteiger partial charge in [0.05, 0.1) is 0 Å². The van der Waals surface area contributed by atoms with Gasteiger partial charge in [0.15, 0.2) is 0 Å². The van der Waals surface area contributed by atoms with E-state index in [0.29, 0.717) is 17.1 Å². The molecule has 0 aliphatic heterocycles. The summed E-state index contributed by atoms with van der Waals surface area (Å²) in [6.07, 6.45) is 5.03. The molecule has 1 aromatic rings. The lowest BCUT2D eigenvalue weighted by atomic mass is 10.2. The van der Waals surface area contributed by atoms with Gasteiger partial charge in [0, 0.05) is 17.1 Å². The highest BCUT2D eigenvalue weighted by Crippen LogP contribution is 2.14. The van der Waals surface area contributed by atoms with Crippen LogP contribution in [0.3, 0.4) is 0 Å². The van der Waals surface area contributed by atoms with Crippen LogP contribution in [0.1, 0.15) is 18.9 Å². The maximum Gasteiger partial charge on any atom is 0.127 e. The number of allylic oxidation sites excluding steroid dienone is 1. The first kappa shape index (κ1) is 12.2. The van der Waals surface area contributed by atoms with Crippen molar-refractivity contribution in [2.75, 3.05) is 6.54 Å². The van der Waals surface area contributed by atoms with E-state index in [0.717, 1.165) is 13.0 Å². The van der Waals surface area contributed by atoms with Crippen LogP contribution >= 0.6 is 11.6 Å². The van der Waals surface area contributed by atoms with Gasteiger partial charge in [0.1, 0.15) is 5.82 Å². The number of hydrogen-bond acceptors (Lipinski definition) is 1. The minimum atomic E-state index is -0.210. The van der Waals surface area contributed by atoms with Crippen molar-refractivity contribution >= 4 is 11.6 Å². The second kappa shape index (κ2) is 6.59. The molecule has 3 heteroatoms. The molecule has 1 nitrogen and oxygen atoms in total. The molecule has 1 aromatic carbocycles. The average molecular weight is 228 g/mol. The molecule has 0 saturated heterocycles. The smallest absolute Gasteiger partial charge is 0.127 e. The Morgan fingerprint density at radius 3 is 3.00 bits per heavy atom. The highest BCUT2D eigenvalue weighted by molar-refractivity contribution is 6.30. The summed E-state index contributed by atoms with van der Waals surface area (Å²) in [5, 5.41) is 3.73. The number of nitrogens with one attached hydrogen (secondary N) is 1. The average Bonchev–Trinajstić information content (AvgIpc) is 2.23. The molecule has 82 valence electrons. The van der Waals surface area contributed by atoms with Gasteiger partial charge in [-0.15, -0.1) is 0 Å². The quantitative estimate of drug-likeness (QED) is 0.600. The van der Waals surface area contributed by atoms with E-state index in [4.69, 9.17) is 11.6 Å². The third-order valence-corrected chi connectivity index (χ3v) is 2.28. The zero-order valence-electron chi connectivity index (χ0n) is 8.76. The fraction of sp³-hybridized carbons (Fsp3) is 0.333. The number of hydrogen-bond donors (Lipinski definition) is 1. The van der Waals surface area contributed by atoms with Gasteiger partial charge < -0.3 is 5.32 Å². The lowest BCUT2D eigenvalue weighted by Crippen LogP contribution is -2.15. The maximum absolute atomic E-state index is 13.2. The molecule has 0 spiro atoms. The van der Waals surface area contributed by atoms with Gasteiger partial charge in [-0.2, -0.15) is 0 Å². The van der Waals surface area contributed by atoms with Crippen LogP contribution in [0.5, 0.6) is 0 Å². The summed E-state index contributed by atoms with van der Waals surface area (Å²) in [5.74, 6) is -0.210. The third-order valence-electron chi connectivity index (χ3n) is 2.05. The van der Waals surface area contributed by atoms with Crippen LogP contribution in [0.2, 0.25) is 5.02 Å². The Morgan fingerprint density at radius 2 is 2.27 bits per heavy atom. The number of rotatable bonds is 5. The highest BCUT2D eigenvalue weighted by Gasteiger charge is 2.01. The van der Waals surface area contributed by atoms with Crippen LogP contribution in [0.25, 0.3) is 0 Å². The van der Waals surface area contributed by atoms with E-state index in [1.54, 1.807) is 12.1 Å². The van der Waals surface area contributed by atoms with Crippen LogP contribution in [0, 0.1) is 5.82 Å². The Kier molecular flexibility index (Phi) is 5.37. The standard InChI is InChI=1S/C12H15ClFN/c1-2-3-4-7-15-9-10-8-11(13)5-6-12(10)14/h2-3,5-6,8,15H,4,7,9H2,1H3/b3-2+. The summed E-state index contributed by atoms with van der Waals surface area (Å²) in [6.45, 7) is 3.34. The largest absolute Gasteiger partial charge is 0.312 e. The van der Waals surface area contributed by atoms with E-state index in [9.17, 15) is 4.39 Å². The summed E-state index contributed by atoms with van der Waals surface area (Å²) < 4.78 is 13.2. The van der Waals surface area contributed by atoms with Gasteiger partial charge in [0.2, 0.25) is 0 Å². The second-order valence-electron chi connectivity index (χ2n) is 3.27. The van der Waals surface area contributed by atoms with Crippen LogP contribution in [-0.4, -0.2) is 6.54 Å². The van der Waals surface area contributed by atoms with Gasteiger partial charge in [0.25, 0.3) is 0 Å². The lowest BCUT2D eigenvalue weighted by molar-refractivity contribution is 0.589. The van der Waals surface area contributed by atoms with Crippen molar-refractivity contribution < 1.29 is 4.39 Å². The second-order valence-corrected chi connectivity index (χ2v) is 3.71. The molecule has 0 aromatic heterocycles. The molecule has 0 aliphatic carbocycles. The predicted molar refractivity (Wildman–Crippen MR) is 62.5 cm³/mol. The van der Waals surface area contributed by atoms with Gasteiger partial charge in [-0.3, -0.25) is 0 Å². The summed E-state index contributed by atoms with van der Waals surface area (Å²) >= 11 is 5.77. The summed E-state index contributed by atoms with van der Waals surface area (Å²) in [6, 6.07) is 4.60. The molecule has 0 fully saturated rings. The van der Waals surface area contributed by atoms with E-state index < -0.39 is 0 Å². The van der Waals surface area contributed by atoms with E-state index in [2.05, 4.69) is 11.4 Å². The number of benzene rings is 1. The van der Waals surface area contributed by atoms with Gasteiger partial charge in [-0.1, -0.05) is 23.8 Å². The van der Waals surface area contributed by atoms with Crippen molar-refractivity contribution in [1.82, 2.24) is 5.32 Å². The SMILES string of the molecule is C/C=C/CCNCc1cc(Cl)ccc1F. The third kappa shape index (κ3) is 4.45. The van der Waals surface area contributed by atoms with Crippen molar-refractivity contribution in [3.05, 3.63) is 46.8 Å². The van der Waals surface area contributed by atoms with Crippen molar-refractivity contribution in [1.29, 1.82) is 0 Å². The van der Waals surface area contributed by atoms with E-state index in [-0.39, 0.29) is 5.82 Å². The molecule has 0 heterocycles. The maximum atomic E-state index is 13.2. The van der Waals surface area contributed by atoms with Crippen molar-refractivity contribution in [3.63, 3.8) is 0 Å². The van der Waals surface area contributed by atoms with Crippen molar-refractivity contribution in [2.24, 2.45) is 0 Å². The Hall–Kier alpha value is -0.860. The normalized spacial score (nSPS) is 11.1. The van der Waals surface area contributed by atoms with Crippen LogP contribution in [-0.2, 0) is 6.54 Å².